The van der Waals surface area contributed by atoms with Crippen molar-refractivity contribution in [1.29, 1.82) is 0 Å². The first-order valence-electron chi connectivity index (χ1n) is 8.69. The molecule has 27 heavy (non-hydrogen) atoms. The van der Waals surface area contributed by atoms with E-state index in [0.717, 1.165) is 0 Å². The van der Waals surface area contributed by atoms with Crippen LogP contribution in [0.5, 0.6) is 0 Å². The molecule has 0 radical (unpaired) electrons. The number of aromatic nitrogens is 1. The summed E-state index contributed by atoms with van der Waals surface area (Å²) in [5, 5.41) is 12.1. The number of carbonyl (C=O) groups is 3. The quantitative estimate of drug-likeness (QED) is 0.656. The second-order valence-corrected chi connectivity index (χ2v) is 7.77. The van der Waals surface area contributed by atoms with Gasteiger partial charge in [-0.15, -0.1) is 0 Å². The fraction of sp³-hybridized carbons (Fsp3) is 0.579. The van der Waals surface area contributed by atoms with Crippen LogP contribution in [0.3, 0.4) is 0 Å². The molecule has 2 N–H and O–H groups in total. The van der Waals surface area contributed by atoms with Crippen LogP contribution in [0.4, 0.5) is 0 Å². The first kappa shape index (κ1) is 22.6. The second kappa shape index (κ2) is 9.45. The van der Waals surface area contributed by atoms with Gasteiger partial charge in [-0.2, -0.15) is 0 Å². The fourth-order valence-corrected chi connectivity index (χ4v) is 2.07. The van der Waals surface area contributed by atoms with Crippen LogP contribution in [0.15, 0.2) is 24.4 Å². The number of aliphatic hydroxyl groups excluding tert-OH is 1. The largest absolute Gasteiger partial charge is 0.460 e. The summed E-state index contributed by atoms with van der Waals surface area (Å²) in [5.41, 5.74) is -1.58. The van der Waals surface area contributed by atoms with Gasteiger partial charge in [-0.3, -0.25) is 9.59 Å². The van der Waals surface area contributed by atoms with Crippen LogP contribution in [0.1, 0.15) is 51.5 Å². The van der Waals surface area contributed by atoms with Crippen LogP contribution in [0.2, 0.25) is 0 Å². The number of hydrogen-bond acceptors (Lipinski definition) is 7. The molecule has 1 rings (SSSR count). The van der Waals surface area contributed by atoms with E-state index >= 15 is 0 Å². The van der Waals surface area contributed by atoms with Gasteiger partial charge in [0, 0.05) is 18.2 Å². The summed E-state index contributed by atoms with van der Waals surface area (Å²) in [4.78, 5) is 40.4. The Morgan fingerprint density at radius 1 is 1.19 bits per heavy atom. The van der Waals surface area contributed by atoms with Crippen LogP contribution in [0.25, 0.3) is 0 Å². The maximum Gasteiger partial charge on any atom is 0.357 e. The summed E-state index contributed by atoms with van der Waals surface area (Å²) >= 11 is 0. The maximum absolute atomic E-state index is 12.5. The van der Waals surface area contributed by atoms with Gasteiger partial charge in [0.15, 0.2) is 6.10 Å². The summed E-state index contributed by atoms with van der Waals surface area (Å²) in [7, 11) is 0. The summed E-state index contributed by atoms with van der Waals surface area (Å²) < 4.78 is 10.5. The van der Waals surface area contributed by atoms with E-state index in [4.69, 9.17) is 9.47 Å². The van der Waals surface area contributed by atoms with Crippen LogP contribution in [-0.2, 0) is 19.1 Å². The third-order valence-corrected chi connectivity index (χ3v) is 3.50. The highest BCUT2D eigenvalue weighted by Crippen LogP contribution is 2.24. The Morgan fingerprint density at radius 2 is 1.85 bits per heavy atom. The van der Waals surface area contributed by atoms with Gasteiger partial charge in [0.1, 0.15) is 11.3 Å². The molecule has 0 aliphatic rings. The van der Waals surface area contributed by atoms with Crippen molar-refractivity contribution in [3.05, 3.63) is 30.1 Å². The van der Waals surface area contributed by atoms with Crippen molar-refractivity contribution >= 4 is 17.8 Å². The first-order chi connectivity index (χ1) is 12.5. The highest BCUT2D eigenvalue weighted by molar-refractivity contribution is 5.91. The Labute approximate surface area is 159 Å². The predicted molar refractivity (Wildman–Crippen MR) is 97.8 cm³/mol. The average molecular weight is 380 g/mol. The van der Waals surface area contributed by atoms with Gasteiger partial charge in [-0.05, 0) is 32.9 Å². The Balaban J connectivity index is 2.72. The standard InChI is InChI=1S/C19H28N2O6/c1-18(2,3)27-14(23)9-11-21-16(24)15(19(4,5)12-22)26-17(25)13-8-6-7-10-20-13/h6-8,10,15,22H,9,11-12H2,1-5H3,(H,21,24)/t15-/m0/s1. The van der Waals surface area contributed by atoms with Crippen molar-refractivity contribution in [2.45, 2.75) is 52.7 Å². The summed E-state index contributed by atoms with van der Waals surface area (Å²) in [6, 6.07) is 4.73. The van der Waals surface area contributed by atoms with Crippen LogP contribution in [0, 0.1) is 5.41 Å². The molecule has 1 atom stereocenters. The lowest BCUT2D eigenvalue weighted by Gasteiger charge is -2.30. The molecule has 0 saturated carbocycles. The number of ether oxygens (including phenoxy) is 2. The maximum atomic E-state index is 12.5. The zero-order valence-electron chi connectivity index (χ0n) is 16.4. The van der Waals surface area contributed by atoms with Crippen molar-refractivity contribution in [1.82, 2.24) is 10.3 Å². The Kier molecular flexibility index (Phi) is 7.90. The molecule has 0 aromatic carbocycles. The van der Waals surface area contributed by atoms with E-state index < -0.39 is 35.0 Å². The van der Waals surface area contributed by atoms with Crippen molar-refractivity contribution < 1.29 is 29.0 Å². The minimum absolute atomic E-state index is 0.0207. The highest BCUT2D eigenvalue weighted by Gasteiger charge is 2.38. The average Bonchev–Trinajstić information content (AvgIpc) is 2.58. The molecule has 8 nitrogen and oxygen atoms in total. The molecular formula is C19H28N2O6. The zero-order valence-corrected chi connectivity index (χ0v) is 16.4. The van der Waals surface area contributed by atoms with Crippen LogP contribution >= 0.6 is 0 Å². The molecule has 0 unspecified atom stereocenters. The molecule has 1 aromatic heterocycles. The van der Waals surface area contributed by atoms with Gasteiger partial charge in [0.25, 0.3) is 5.91 Å². The summed E-state index contributed by atoms with van der Waals surface area (Å²) in [6.07, 6.45) is 0.156. The molecule has 8 heteroatoms. The van der Waals surface area contributed by atoms with Crippen molar-refractivity contribution in [3.8, 4) is 0 Å². The number of nitrogens with zero attached hydrogens (tertiary/aromatic N) is 1. The Hall–Kier alpha value is -2.48. The van der Waals surface area contributed by atoms with Crippen molar-refractivity contribution in [2.75, 3.05) is 13.2 Å². The number of rotatable bonds is 8. The van der Waals surface area contributed by atoms with Gasteiger partial charge in [-0.1, -0.05) is 19.9 Å². The number of pyridine rings is 1. The molecule has 0 fully saturated rings. The minimum atomic E-state index is -1.25. The number of aliphatic hydroxyl groups is 1. The third-order valence-electron chi connectivity index (χ3n) is 3.50. The number of esters is 2. The normalized spacial score (nSPS) is 12.8. The molecule has 1 heterocycles. The number of nitrogens with one attached hydrogen (secondary N) is 1. The van der Waals surface area contributed by atoms with Gasteiger partial charge in [-0.25, -0.2) is 9.78 Å². The monoisotopic (exact) mass is 380 g/mol. The van der Waals surface area contributed by atoms with E-state index in [1.165, 1.54) is 12.3 Å². The summed E-state index contributed by atoms with van der Waals surface area (Å²) in [6.45, 7) is 8.08. The second-order valence-electron chi connectivity index (χ2n) is 7.77. The van der Waals surface area contributed by atoms with Gasteiger partial charge in [0.2, 0.25) is 0 Å². The Bertz CT molecular complexity index is 652. The zero-order chi connectivity index (χ0) is 20.7. The fourth-order valence-electron chi connectivity index (χ4n) is 2.07. The highest BCUT2D eigenvalue weighted by atomic mass is 16.6. The third kappa shape index (κ3) is 7.74. The van der Waals surface area contributed by atoms with Crippen molar-refractivity contribution in [2.24, 2.45) is 5.41 Å². The lowest BCUT2D eigenvalue weighted by Crippen LogP contribution is -2.48. The van der Waals surface area contributed by atoms with E-state index in [0.29, 0.717) is 0 Å². The van der Waals surface area contributed by atoms with E-state index in [-0.39, 0.29) is 25.3 Å². The van der Waals surface area contributed by atoms with E-state index in [1.54, 1.807) is 46.8 Å². The van der Waals surface area contributed by atoms with E-state index in [9.17, 15) is 19.5 Å². The Morgan fingerprint density at radius 3 is 2.37 bits per heavy atom. The van der Waals surface area contributed by atoms with Crippen molar-refractivity contribution in [3.63, 3.8) is 0 Å². The summed E-state index contributed by atoms with van der Waals surface area (Å²) in [5.74, 6) is -1.84. The SMILES string of the molecule is CC(C)(C)OC(=O)CCNC(=O)[C@H](OC(=O)c1ccccn1)C(C)(C)CO. The van der Waals surface area contributed by atoms with Crippen LogP contribution in [-0.4, -0.2) is 52.8 Å². The molecule has 0 aliphatic heterocycles. The molecule has 150 valence electrons. The van der Waals surface area contributed by atoms with Crippen LogP contribution < -0.4 is 5.32 Å². The first-order valence-corrected chi connectivity index (χ1v) is 8.69. The van der Waals surface area contributed by atoms with Gasteiger partial charge < -0.3 is 19.9 Å². The van der Waals surface area contributed by atoms with Gasteiger partial charge in [0.05, 0.1) is 13.0 Å². The lowest BCUT2D eigenvalue weighted by molar-refractivity contribution is -0.154. The molecule has 0 spiro atoms. The molecule has 1 aromatic rings. The number of amides is 1. The molecule has 1 amide bonds. The molecular weight excluding hydrogens is 352 g/mol. The van der Waals surface area contributed by atoms with E-state index in [2.05, 4.69) is 10.3 Å². The minimum Gasteiger partial charge on any atom is -0.460 e. The number of hydrogen-bond donors (Lipinski definition) is 2. The van der Waals surface area contributed by atoms with E-state index in [1.807, 2.05) is 0 Å². The topological polar surface area (TPSA) is 115 Å². The lowest BCUT2D eigenvalue weighted by atomic mass is 9.86. The number of carbonyl (C=O) groups excluding carboxylic acids is 3. The molecule has 0 bridgehead atoms. The molecule has 0 saturated heterocycles. The smallest absolute Gasteiger partial charge is 0.357 e. The van der Waals surface area contributed by atoms with Gasteiger partial charge >= 0.3 is 11.9 Å². The molecule has 0 aliphatic carbocycles. The predicted octanol–water partition coefficient (Wildman–Crippen LogP) is 1.47.